The lowest BCUT2D eigenvalue weighted by molar-refractivity contribution is -0.763. The molecule has 0 saturated heterocycles. The summed E-state index contributed by atoms with van der Waals surface area (Å²) < 4.78 is 10.5. The van der Waals surface area contributed by atoms with Crippen molar-refractivity contribution in [2.24, 2.45) is 5.92 Å². The molecule has 244 valence electrons. The Morgan fingerprint density at radius 3 is 2.45 bits per heavy atom. The van der Waals surface area contributed by atoms with Gasteiger partial charge in [-0.15, -0.1) is 10.1 Å². The molecule has 1 N–H and O–H groups in total. The van der Waals surface area contributed by atoms with Crippen molar-refractivity contribution in [1.82, 2.24) is 5.32 Å². The van der Waals surface area contributed by atoms with E-state index in [0.29, 0.717) is 12.0 Å². The summed E-state index contributed by atoms with van der Waals surface area (Å²) in [7, 11) is 0. The molecule has 0 aromatic heterocycles. The van der Waals surface area contributed by atoms with E-state index in [1.807, 2.05) is 38.1 Å². The number of ether oxygens (including phenoxy) is 2. The van der Waals surface area contributed by atoms with Crippen molar-refractivity contribution < 1.29 is 29.0 Å². The number of hydrogen-bond acceptors (Lipinski definition) is 7. The van der Waals surface area contributed by atoms with Crippen molar-refractivity contribution in [3.8, 4) is 11.5 Å². The second-order valence-electron chi connectivity index (χ2n) is 9.36. The van der Waals surface area contributed by atoms with Crippen molar-refractivity contribution in [3.63, 3.8) is 0 Å². The van der Waals surface area contributed by atoms with Gasteiger partial charge in [0.2, 0.25) is 6.41 Å². The number of carbonyl (C=O) groups is 2. The van der Waals surface area contributed by atoms with Crippen molar-refractivity contribution in [2.75, 3.05) is 13.2 Å². The predicted molar refractivity (Wildman–Crippen MR) is 176 cm³/mol. The summed E-state index contributed by atoms with van der Waals surface area (Å²) in [5.74, 6) is 1.14. The van der Waals surface area contributed by atoms with Crippen LogP contribution in [0.2, 0.25) is 5.02 Å². The molecule has 1 saturated carbocycles. The van der Waals surface area contributed by atoms with Crippen LogP contribution in [0.4, 0.5) is 0 Å². The van der Waals surface area contributed by atoms with Gasteiger partial charge >= 0.3 is 5.97 Å². The Labute approximate surface area is 267 Å². The van der Waals surface area contributed by atoms with E-state index in [0.717, 1.165) is 29.7 Å². The van der Waals surface area contributed by atoms with Gasteiger partial charge in [0, 0.05) is 10.6 Å². The second-order valence-corrected chi connectivity index (χ2v) is 9.79. The zero-order chi connectivity index (χ0) is 32.8. The van der Waals surface area contributed by atoms with E-state index in [4.69, 9.17) is 21.1 Å². The van der Waals surface area contributed by atoms with E-state index in [1.54, 1.807) is 12.1 Å². The molecule has 1 amide bonds. The van der Waals surface area contributed by atoms with Crippen LogP contribution in [0, 0.1) is 16.0 Å². The lowest BCUT2D eigenvalue weighted by Gasteiger charge is -2.08. The Morgan fingerprint density at radius 1 is 1.09 bits per heavy atom. The number of unbranched alkanes of at least 4 members (excludes halogenated alkanes) is 2. The highest BCUT2D eigenvalue weighted by molar-refractivity contribution is 6.30. The molecular formula is C34H49ClN2O7. The normalized spacial score (nSPS) is 12.1. The van der Waals surface area contributed by atoms with Crippen LogP contribution in [0.25, 0.3) is 0 Å². The summed E-state index contributed by atoms with van der Waals surface area (Å²) in [6, 6.07) is 13.8. The fourth-order valence-corrected chi connectivity index (χ4v) is 4.04. The highest BCUT2D eigenvalue weighted by Gasteiger charge is 2.11. The van der Waals surface area contributed by atoms with Gasteiger partial charge < -0.3 is 19.6 Å². The van der Waals surface area contributed by atoms with Crippen LogP contribution in [0.15, 0.2) is 72.8 Å². The van der Waals surface area contributed by atoms with E-state index >= 15 is 0 Å². The minimum absolute atomic E-state index is 0.150. The van der Waals surface area contributed by atoms with Gasteiger partial charge in [-0.2, -0.15) is 0 Å². The highest BCUT2D eigenvalue weighted by atomic mass is 35.5. The number of rotatable bonds is 15. The predicted octanol–water partition coefficient (Wildman–Crippen LogP) is 8.68. The van der Waals surface area contributed by atoms with E-state index in [1.165, 1.54) is 57.1 Å². The number of nitrogens with one attached hydrogen (secondary N) is 1. The molecule has 0 unspecified atom stereocenters. The van der Waals surface area contributed by atoms with Gasteiger partial charge in [-0.3, -0.25) is 4.79 Å². The molecule has 2 aromatic rings. The van der Waals surface area contributed by atoms with Gasteiger partial charge in [0.25, 0.3) is 5.09 Å². The van der Waals surface area contributed by atoms with Gasteiger partial charge in [0.15, 0.2) is 0 Å². The first-order valence-corrected chi connectivity index (χ1v) is 15.7. The molecule has 1 aliphatic carbocycles. The van der Waals surface area contributed by atoms with Crippen LogP contribution in [0.3, 0.4) is 0 Å². The van der Waals surface area contributed by atoms with Gasteiger partial charge in [0.1, 0.15) is 24.7 Å². The average molecular weight is 633 g/mol. The number of amides is 1. The van der Waals surface area contributed by atoms with Crippen molar-refractivity contribution in [1.29, 1.82) is 0 Å². The minimum Gasteiger partial charge on any atom is -0.493 e. The Balaban J connectivity index is 0.000000664. The first kappa shape index (κ1) is 40.1. The molecule has 1 aliphatic rings. The first-order valence-electron chi connectivity index (χ1n) is 15.3. The largest absolute Gasteiger partial charge is 0.493 e. The third-order valence-electron chi connectivity index (χ3n) is 5.97. The van der Waals surface area contributed by atoms with Gasteiger partial charge in [-0.25, -0.2) is 4.79 Å². The highest BCUT2D eigenvalue weighted by Crippen LogP contribution is 2.25. The zero-order valence-electron chi connectivity index (χ0n) is 26.5. The molecule has 0 bridgehead atoms. The van der Waals surface area contributed by atoms with Gasteiger partial charge in [0.05, 0.1) is 6.61 Å². The minimum atomic E-state index is -0.938. The van der Waals surface area contributed by atoms with E-state index < -0.39 is 11.1 Å². The Bertz CT molecular complexity index is 1100. The SMILES string of the molecule is C/C=C\CCCC.CC.Clc1cccc(OCC/C=C/C2CCCC2)c1.O=CNCC(=O)Oc1ccccc1CO[N+](=O)[O-]. The Hall–Kier alpha value is -3.85. The van der Waals surface area contributed by atoms with Gasteiger partial charge in [-0.1, -0.05) is 107 Å². The number of nitrogens with zero attached hydrogens (tertiary/aromatic N) is 1. The molecule has 0 radical (unpaired) electrons. The number of carbonyl (C=O) groups excluding carboxylic acids is 2. The Morgan fingerprint density at radius 2 is 1.82 bits per heavy atom. The van der Waals surface area contributed by atoms with Crippen LogP contribution < -0.4 is 14.8 Å². The summed E-state index contributed by atoms with van der Waals surface area (Å²) >= 11 is 5.88. The van der Waals surface area contributed by atoms with Crippen LogP contribution in [-0.2, 0) is 21.0 Å². The Kier molecular flexibility index (Phi) is 25.5. The van der Waals surface area contributed by atoms with E-state index in [-0.39, 0.29) is 18.9 Å². The van der Waals surface area contributed by atoms with E-state index in [2.05, 4.69) is 48.3 Å². The molecule has 0 heterocycles. The van der Waals surface area contributed by atoms with Crippen LogP contribution in [0.1, 0.15) is 84.6 Å². The lowest BCUT2D eigenvalue weighted by atomic mass is 10.1. The summed E-state index contributed by atoms with van der Waals surface area (Å²) in [5.41, 5.74) is 0.355. The molecule has 3 rings (SSSR count). The maximum absolute atomic E-state index is 11.2. The fraction of sp³-hybridized carbons (Fsp3) is 0.471. The number of hydrogen-bond donors (Lipinski definition) is 1. The van der Waals surface area contributed by atoms with Crippen LogP contribution in [-0.4, -0.2) is 30.6 Å². The summed E-state index contributed by atoms with van der Waals surface area (Å²) in [6.07, 6.45) is 19.7. The monoisotopic (exact) mass is 632 g/mol. The topological polar surface area (TPSA) is 117 Å². The molecule has 9 nitrogen and oxygen atoms in total. The molecule has 10 heteroatoms. The maximum Gasteiger partial charge on any atom is 0.330 e. The van der Waals surface area contributed by atoms with Crippen molar-refractivity contribution in [2.45, 2.75) is 85.7 Å². The first-order chi connectivity index (χ1) is 21.4. The standard InChI is InChI=1S/C15H19ClO.C10H10N2O6.C7H14.C2H6/c16-14-9-5-10-15(12-14)17-11-4-3-8-13-6-1-2-7-13;13-7-11-5-10(14)18-9-4-2-1-3-8(9)6-17-12(15)16;1-3-5-7-6-4-2;1-2/h3,5,8-10,12-13H,1-2,4,6-7,11H2;1-4,7H,5-6H2,(H,11,13);3,5H,4,6-7H2,1-2H3;1-2H3/b8-3+;;5-3-;. The van der Waals surface area contributed by atoms with Crippen molar-refractivity contribution in [3.05, 3.63) is 93.5 Å². The smallest absolute Gasteiger partial charge is 0.330 e. The number of esters is 1. The number of benzene rings is 2. The molecule has 0 spiro atoms. The number of halogens is 1. The van der Waals surface area contributed by atoms with Crippen LogP contribution >= 0.6 is 11.6 Å². The number of allylic oxidation sites excluding steroid dienone is 3. The van der Waals surface area contributed by atoms with Crippen LogP contribution in [0.5, 0.6) is 11.5 Å². The third-order valence-corrected chi connectivity index (χ3v) is 6.20. The third kappa shape index (κ3) is 21.8. The molecule has 0 atom stereocenters. The molecule has 2 aromatic carbocycles. The quantitative estimate of drug-likeness (QED) is 0.0397. The van der Waals surface area contributed by atoms with Gasteiger partial charge in [-0.05, 0) is 62.8 Å². The lowest BCUT2D eigenvalue weighted by Crippen LogP contribution is -2.25. The second kappa shape index (κ2) is 28.0. The molecule has 0 aliphatic heterocycles. The fourth-order valence-electron chi connectivity index (χ4n) is 3.86. The molecule has 1 fully saturated rings. The zero-order valence-corrected chi connectivity index (χ0v) is 27.3. The molecule has 44 heavy (non-hydrogen) atoms. The molecular weight excluding hydrogens is 584 g/mol. The summed E-state index contributed by atoms with van der Waals surface area (Å²) in [5, 5.41) is 12.0. The van der Waals surface area contributed by atoms with Crippen molar-refractivity contribution >= 4 is 24.0 Å². The summed E-state index contributed by atoms with van der Waals surface area (Å²) in [6.45, 7) is 8.40. The van der Waals surface area contributed by atoms with E-state index in [9.17, 15) is 19.7 Å². The average Bonchev–Trinajstić information content (AvgIpc) is 3.55. The summed E-state index contributed by atoms with van der Waals surface area (Å²) in [4.78, 5) is 35.5. The number of para-hydroxylation sites is 1. The maximum atomic E-state index is 11.2.